The lowest BCUT2D eigenvalue weighted by Gasteiger charge is -2.25. The molecule has 2 aromatic rings. The molecule has 3 atom stereocenters. The first-order chi connectivity index (χ1) is 16.8. The normalized spacial score (nSPS) is 21.3. The van der Waals surface area contributed by atoms with Gasteiger partial charge in [-0.15, -0.1) is 0 Å². The summed E-state index contributed by atoms with van der Waals surface area (Å²) in [6.45, 7) is 1.59. The number of ether oxygens (including phenoxy) is 3. The second kappa shape index (κ2) is 10.2. The van der Waals surface area contributed by atoms with Crippen molar-refractivity contribution in [3.05, 3.63) is 48.0 Å². The summed E-state index contributed by atoms with van der Waals surface area (Å²) in [7, 11) is 2.97. The molecular formula is C26H28N2O7. The fourth-order valence-electron chi connectivity index (χ4n) is 4.70. The molecule has 9 heteroatoms. The number of carbonyl (C=O) groups is 4. The van der Waals surface area contributed by atoms with E-state index in [0.717, 1.165) is 19.3 Å². The molecule has 0 spiro atoms. The molecule has 35 heavy (non-hydrogen) atoms. The van der Waals surface area contributed by atoms with Gasteiger partial charge in [0.25, 0.3) is 5.91 Å². The van der Waals surface area contributed by atoms with Crippen LogP contribution in [-0.4, -0.2) is 44.5 Å². The van der Waals surface area contributed by atoms with E-state index >= 15 is 0 Å². The summed E-state index contributed by atoms with van der Waals surface area (Å²) in [6, 6.07) is 11.0. The molecule has 1 N–H and O–H groups in total. The molecule has 2 aliphatic rings. The van der Waals surface area contributed by atoms with E-state index in [-0.39, 0.29) is 29.2 Å². The first-order valence-corrected chi connectivity index (χ1v) is 11.5. The number of nitrogens with one attached hydrogen (secondary N) is 1. The van der Waals surface area contributed by atoms with E-state index in [4.69, 9.17) is 14.2 Å². The zero-order chi connectivity index (χ0) is 25.1. The van der Waals surface area contributed by atoms with Crippen molar-refractivity contribution in [2.45, 2.75) is 26.2 Å². The minimum absolute atomic E-state index is 0.174. The molecule has 1 saturated heterocycles. The van der Waals surface area contributed by atoms with E-state index in [0.29, 0.717) is 28.8 Å². The molecular weight excluding hydrogens is 452 g/mol. The smallest absolute Gasteiger partial charge is 0.338 e. The SMILES string of the molecule is COc1ccc(OC)c(NC(=O)COC(=O)c2ccc(N3C(=O)[C@@H]4CC[C@@H](C)C[C@H]4C3=O)cc2)c1. The van der Waals surface area contributed by atoms with Crippen LogP contribution in [0.5, 0.6) is 11.5 Å². The number of carbonyl (C=O) groups excluding carboxylic acids is 4. The Hall–Kier alpha value is -3.88. The van der Waals surface area contributed by atoms with Crippen molar-refractivity contribution < 1.29 is 33.4 Å². The van der Waals surface area contributed by atoms with Crippen LogP contribution in [-0.2, 0) is 19.1 Å². The Labute approximate surface area is 203 Å². The van der Waals surface area contributed by atoms with Gasteiger partial charge < -0.3 is 19.5 Å². The number of imide groups is 1. The molecule has 2 fully saturated rings. The van der Waals surface area contributed by atoms with Gasteiger partial charge in [0, 0.05) is 6.07 Å². The van der Waals surface area contributed by atoms with E-state index in [2.05, 4.69) is 12.2 Å². The number of esters is 1. The van der Waals surface area contributed by atoms with Crippen molar-refractivity contribution in [3.63, 3.8) is 0 Å². The van der Waals surface area contributed by atoms with E-state index in [9.17, 15) is 19.2 Å². The molecule has 3 amide bonds. The molecule has 0 unspecified atom stereocenters. The highest BCUT2D eigenvalue weighted by molar-refractivity contribution is 6.22. The number of methoxy groups -OCH3 is 2. The summed E-state index contributed by atoms with van der Waals surface area (Å²) >= 11 is 0. The first kappa shape index (κ1) is 24.3. The van der Waals surface area contributed by atoms with Gasteiger partial charge in [0.2, 0.25) is 11.8 Å². The van der Waals surface area contributed by atoms with Crippen LogP contribution in [0, 0.1) is 17.8 Å². The molecule has 0 radical (unpaired) electrons. The lowest BCUT2D eigenvalue weighted by atomic mass is 9.76. The number of anilines is 2. The summed E-state index contributed by atoms with van der Waals surface area (Å²) in [5.74, 6) is -0.742. The predicted octanol–water partition coefficient (Wildman–Crippen LogP) is 3.42. The maximum Gasteiger partial charge on any atom is 0.338 e. The topological polar surface area (TPSA) is 111 Å². The third kappa shape index (κ3) is 4.99. The molecule has 2 aromatic carbocycles. The molecule has 4 rings (SSSR count). The van der Waals surface area contributed by atoms with E-state index in [1.165, 1.54) is 31.3 Å². The Bertz CT molecular complexity index is 1140. The summed E-state index contributed by atoms with van der Waals surface area (Å²) in [4.78, 5) is 51.7. The molecule has 1 saturated carbocycles. The van der Waals surface area contributed by atoms with Gasteiger partial charge in [0.15, 0.2) is 6.61 Å². The number of hydrogen-bond donors (Lipinski definition) is 1. The first-order valence-electron chi connectivity index (χ1n) is 11.5. The molecule has 0 bridgehead atoms. The lowest BCUT2D eigenvalue weighted by molar-refractivity contribution is -0.122. The number of hydrogen-bond acceptors (Lipinski definition) is 7. The van der Waals surface area contributed by atoms with Crippen molar-refractivity contribution in [2.75, 3.05) is 31.0 Å². The zero-order valence-electron chi connectivity index (χ0n) is 19.9. The molecule has 1 aliphatic heterocycles. The van der Waals surface area contributed by atoms with Crippen LogP contribution in [0.3, 0.4) is 0 Å². The van der Waals surface area contributed by atoms with E-state index in [1.807, 2.05) is 0 Å². The maximum atomic E-state index is 12.9. The van der Waals surface area contributed by atoms with E-state index in [1.54, 1.807) is 30.3 Å². The number of amides is 3. The van der Waals surface area contributed by atoms with E-state index < -0.39 is 18.5 Å². The minimum Gasteiger partial charge on any atom is -0.497 e. The Morgan fingerprint density at radius 1 is 0.971 bits per heavy atom. The third-order valence-electron chi connectivity index (χ3n) is 6.56. The predicted molar refractivity (Wildman–Crippen MR) is 127 cm³/mol. The van der Waals surface area contributed by atoms with Gasteiger partial charge in [-0.1, -0.05) is 6.92 Å². The Balaban J connectivity index is 1.36. The fraction of sp³-hybridized carbons (Fsp3) is 0.385. The molecule has 0 aromatic heterocycles. The monoisotopic (exact) mass is 480 g/mol. The van der Waals surface area contributed by atoms with Crippen molar-refractivity contribution >= 4 is 35.1 Å². The quantitative estimate of drug-likeness (QED) is 0.477. The van der Waals surface area contributed by atoms with Crippen molar-refractivity contribution in [2.24, 2.45) is 17.8 Å². The van der Waals surface area contributed by atoms with Crippen LogP contribution < -0.4 is 19.7 Å². The summed E-state index contributed by atoms with van der Waals surface area (Å²) in [6.07, 6.45) is 2.39. The van der Waals surface area contributed by atoms with Gasteiger partial charge in [-0.2, -0.15) is 0 Å². The van der Waals surface area contributed by atoms with Crippen LogP contribution in [0.2, 0.25) is 0 Å². The highest BCUT2D eigenvalue weighted by Crippen LogP contribution is 2.42. The highest BCUT2D eigenvalue weighted by atomic mass is 16.5. The van der Waals surface area contributed by atoms with Crippen LogP contribution >= 0.6 is 0 Å². The molecule has 1 aliphatic carbocycles. The van der Waals surface area contributed by atoms with Gasteiger partial charge in [-0.25, -0.2) is 4.79 Å². The van der Waals surface area contributed by atoms with Crippen LogP contribution in [0.4, 0.5) is 11.4 Å². The fourth-order valence-corrected chi connectivity index (χ4v) is 4.70. The van der Waals surface area contributed by atoms with Crippen LogP contribution in [0.15, 0.2) is 42.5 Å². The number of benzene rings is 2. The highest BCUT2D eigenvalue weighted by Gasteiger charge is 2.49. The third-order valence-corrected chi connectivity index (χ3v) is 6.56. The Morgan fingerprint density at radius 2 is 1.69 bits per heavy atom. The average molecular weight is 481 g/mol. The van der Waals surface area contributed by atoms with Gasteiger partial charge in [0.05, 0.1) is 43.0 Å². The molecule has 9 nitrogen and oxygen atoms in total. The van der Waals surface area contributed by atoms with Gasteiger partial charge in [-0.05, 0) is 61.6 Å². The Morgan fingerprint density at radius 3 is 2.37 bits per heavy atom. The van der Waals surface area contributed by atoms with Gasteiger partial charge in [0.1, 0.15) is 11.5 Å². The standard InChI is InChI=1S/C26H28N2O7/c1-15-4-10-19-20(12-15)25(31)28(24(19)30)17-7-5-16(6-8-17)26(32)35-14-23(29)27-21-13-18(33-2)9-11-22(21)34-3/h5-9,11,13,15,19-20H,4,10,12,14H2,1-3H3,(H,27,29)/t15-,19-,20-/m1/s1. The molecule has 1 heterocycles. The number of rotatable bonds is 7. The number of fused-ring (bicyclic) bond motifs is 1. The maximum absolute atomic E-state index is 12.9. The Kier molecular flexibility index (Phi) is 7.04. The lowest BCUT2D eigenvalue weighted by Crippen LogP contribution is -2.30. The van der Waals surface area contributed by atoms with Gasteiger partial charge in [-0.3, -0.25) is 19.3 Å². The van der Waals surface area contributed by atoms with Crippen molar-refractivity contribution in [1.29, 1.82) is 0 Å². The van der Waals surface area contributed by atoms with Crippen molar-refractivity contribution in [3.8, 4) is 11.5 Å². The second-order valence-corrected chi connectivity index (χ2v) is 8.88. The number of nitrogens with zero attached hydrogens (tertiary/aromatic N) is 1. The summed E-state index contributed by atoms with van der Waals surface area (Å²) in [5.41, 5.74) is 1.01. The second-order valence-electron chi connectivity index (χ2n) is 8.88. The molecule has 184 valence electrons. The average Bonchev–Trinajstić information content (AvgIpc) is 3.11. The zero-order valence-corrected chi connectivity index (χ0v) is 19.9. The summed E-state index contributed by atoms with van der Waals surface area (Å²) in [5, 5.41) is 2.62. The van der Waals surface area contributed by atoms with Crippen molar-refractivity contribution in [1.82, 2.24) is 0 Å². The van der Waals surface area contributed by atoms with Gasteiger partial charge >= 0.3 is 5.97 Å². The van der Waals surface area contributed by atoms with Crippen LogP contribution in [0.25, 0.3) is 0 Å². The minimum atomic E-state index is -0.703. The largest absolute Gasteiger partial charge is 0.497 e. The summed E-state index contributed by atoms with van der Waals surface area (Å²) < 4.78 is 15.5. The van der Waals surface area contributed by atoms with Crippen LogP contribution in [0.1, 0.15) is 36.5 Å².